The van der Waals surface area contributed by atoms with Crippen LogP contribution < -0.4 is 10.1 Å². The molecule has 0 aliphatic heterocycles. The molecule has 0 spiro atoms. The summed E-state index contributed by atoms with van der Waals surface area (Å²) in [6, 6.07) is 7.38. The van der Waals surface area contributed by atoms with Crippen LogP contribution in [0, 0.1) is 6.92 Å². The Hall–Kier alpha value is -2.04. The third-order valence-electron chi connectivity index (χ3n) is 2.65. The number of rotatable bonds is 6. The highest BCUT2D eigenvalue weighted by Gasteiger charge is 2.22. The minimum Gasteiger partial charge on any atom is -0.479 e. The Labute approximate surface area is 119 Å². The molecule has 1 rings (SSSR count). The molecule has 0 unspecified atom stereocenters. The van der Waals surface area contributed by atoms with E-state index in [2.05, 4.69) is 5.32 Å². The lowest BCUT2D eigenvalue weighted by molar-refractivity contribution is -0.160. The van der Waals surface area contributed by atoms with E-state index in [1.54, 1.807) is 19.9 Å². The van der Waals surface area contributed by atoms with Gasteiger partial charge in [0.15, 0.2) is 12.2 Å². The van der Waals surface area contributed by atoms with Gasteiger partial charge in [0.25, 0.3) is 5.91 Å². The van der Waals surface area contributed by atoms with E-state index in [-0.39, 0.29) is 5.91 Å². The zero-order chi connectivity index (χ0) is 15.1. The summed E-state index contributed by atoms with van der Waals surface area (Å²) >= 11 is 0. The second kappa shape index (κ2) is 7.53. The number of aryl methyl sites for hydroxylation is 1. The molecule has 2 atom stereocenters. The molecule has 0 aliphatic rings. The molecule has 1 aromatic carbocycles. The van der Waals surface area contributed by atoms with E-state index in [9.17, 15) is 9.59 Å². The normalized spacial score (nSPS) is 13.2. The van der Waals surface area contributed by atoms with Crippen molar-refractivity contribution in [1.82, 2.24) is 5.32 Å². The maximum absolute atomic E-state index is 11.8. The number of hydrogen-bond acceptors (Lipinski definition) is 4. The maximum Gasteiger partial charge on any atom is 0.347 e. The lowest BCUT2D eigenvalue weighted by atomic mass is 10.2. The van der Waals surface area contributed by atoms with Gasteiger partial charge in [0.05, 0.1) is 0 Å². The van der Waals surface area contributed by atoms with E-state index in [1.807, 2.05) is 25.1 Å². The van der Waals surface area contributed by atoms with E-state index in [1.165, 1.54) is 6.92 Å². The van der Waals surface area contributed by atoms with Gasteiger partial charge in [0, 0.05) is 6.54 Å². The highest BCUT2D eigenvalue weighted by Crippen LogP contribution is 2.14. The molecule has 110 valence electrons. The van der Waals surface area contributed by atoms with Crippen LogP contribution in [0.2, 0.25) is 0 Å². The number of likely N-dealkylation sites (N-methyl/N-ethyl adjacent to an activating group) is 1. The van der Waals surface area contributed by atoms with Crippen molar-refractivity contribution in [2.75, 3.05) is 6.54 Å². The van der Waals surface area contributed by atoms with Crippen LogP contribution in [-0.2, 0) is 14.3 Å². The average molecular weight is 279 g/mol. The summed E-state index contributed by atoms with van der Waals surface area (Å²) in [4.78, 5) is 23.3. The molecule has 0 radical (unpaired) electrons. The summed E-state index contributed by atoms with van der Waals surface area (Å²) in [7, 11) is 0. The van der Waals surface area contributed by atoms with Crippen molar-refractivity contribution in [3.63, 3.8) is 0 Å². The number of amides is 1. The van der Waals surface area contributed by atoms with Crippen molar-refractivity contribution in [3.05, 3.63) is 29.8 Å². The standard InChI is InChI=1S/C15H21NO4/c1-5-16-14(17)11(3)20-15(18)12(4)19-13-8-6-7-10(2)9-13/h6-9,11-12H,5H2,1-4H3,(H,16,17)/t11-,12-/m1/s1. The minimum atomic E-state index is -0.828. The third kappa shape index (κ3) is 4.91. The Morgan fingerprint density at radius 2 is 1.95 bits per heavy atom. The van der Waals surface area contributed by atoms with E-state index in [0.717, 1.165) is 5.56 Å². The number of hydrogen-bond donors (Lipinski definition) is 1. The molecule has 0 heterocycles. The van der Waals surface area contributed by atoms with E-state index in [4.69, 9.17) is 9.47 Å². The highest BCUT2D eigenvalue weighted by molar-refractivity contribution is 5.84. The van der Waals surface area contributed by atoms with Crippen LogP contribution in [0.1, 0.15) is 26.3 Å². The Morgan fingerprint density at radius 1 is 1.25 bits per heavy atom. The van der Waals surface area contributed by atoms with Gasteiger partial charge in [-0.25, -0.2) is 4.79 Å². The van der Waals surface area contributed by atoms with Crippen LogP contribution in [0.25, 0.3) is 0 Å². The lowest BCUT2D eigenvalue weighted by Crippen LogP contribution is -2.38. The Balaban J connectivity index is 2.53. The zero-order valence-corrected chi connectivity index (χ0v) is 12.3. The van der Waals surface area contributed by atoms with E-state index >= 15 is 0 Å². The number of ether oxygens (including phenoxy) is 2. The van der Waals surface area contributed by atoms with Crippen molar-refractivity contribution < 1.29 is 19.1 Å². The molecule has 0 fully saturated rings. The van der Waals surface area contributed by atoms with Crippen molar-refractivity contribution in [3.8, 4) is 5.75 Å². The van der Waals surface area contributed by atoms with Gasteiger partial charge in [-0.3, -0.25) is 4.79 Å². The zero-order valence-electron chi connectivity index (χ0n) is 12.3. The molecule has 0 saturated heterocycles. The van der Waals surface area contributed by atoms with Crippen LogP contribution in [0.5, 0.6) is 5.75 Å². The molecule has 5 nitrogen and oxygen atoms in total. The molecule has 0 bridgehead atoms. The van der Waals surface area contributed by atoms with Gasteiger partial charge in [0.1, 0.15) is 5.75 Å². The van der Waals surface area contributed by atoms with E-state index in [0.29, 0.717) is 12.3 Å². The minimum absolute atomic E-state index is 0.316. The largest absolute Gasteiger partial charge is 0.479 e. The van der Waals surface area contributed by atoms with Crippen LogP contribution in [0.4, 0.5) is 0 Å². The average Bonchev–Trinajstić information content (AvgIpc) is 2.38. The first-order chi connectivity index (χ1) is 9.43. The van der Waals surface area contributed by atoms with Gasteiger partial charge in [-0.1, -0.05) is 12.1 Å². The number of nitrogens with one attached hydrogen (secondary N) is 1. The third-order valence-corrected chi connectivity index (χ3v) is 2.65. The second-order valence-electron chi connectivity index (χ2n) is 4.55. The first-order valence-corrected chi connectivity index (χ1v) is 6.65. The Bertz CT molecular complexity index is 473. The first kappa shape index (κ1) is 16.0. The smallest absolute Gasteiger partial charge is 0.347 e. The maximum atomic E-state index is 11.8. The van der Waals surface area contributed by atoms with Crippen LogP contribution in [0.15, 0.2) is 24.3 Å². The Morgan fingerprint density at radius 3 is 2.55 bits per heavy atom. The molecule has 0 aliphatic carbocycles. The fourth-order valence-electron chi connectivity index (χ4n) is 1.58. The van der Waals surface area contributed by atoms with Gasteiger partial charge in [-0.05, 0) is 45.4 Å². The first-order valence-electron chi connectivity index (χ1n) is 6.65. The molecular weight excluding hydrogens is 258 g/mol. The van der Waals surface area contributed by atoms with Crippen molar-refractivity contribution >= 4 is 11.9 Å². The quantitative estimate of drug-likeness (QED) is 0.807. The summed E-state index contributed by atoms with van der Waals surface area (Å²) in [6.45, 7) is 7.36. The summed E-state index contributed by atoms with van der Waals surface area (Å²) in [5.41, 5.74) is 1.04. The van der Waals surface area contributed by atoms with Gasteiger partial charge < -0.3 is 14.8 Å². The molecular formula is C15H21NO4. The van der Waals surface area contributed by atoms with Crippen molar-refractivity contribution in [1.29, 1.82) is 0 Å². The van der Waals surface area contributed by atoms with Crippen LogP contribution in [-0.4, -0.2) is 30.6 Å². The lowest BCUT2D eigenvalue weighted by Gasteiger charge is -2.17. The van der Waals surface area contributed by atoms with Gasteiger partial charge in [-0.2, -0.15) is 0 Å². The van der Waals surface area contributed by atoms with Crippen molar-refractivity contribution in [2.45, 2.75) is 39.9 Å². The summed E-state index contributed by atoms with van der Waals surface area (Å²) in [6.07, 6.45) is -1.60. The number of carbonyl (C=O) groups excluding carboxylic acids is 2. The molecule has 20 heavy (non-hydrogen) atoms. The highest BCUT2D eigenvalue weighted by atomic mass is 16.6. The summed E-state index contributed by atoms with van der Waals surface area (Å²) in [5, 5.41) is 2.59. The van der Waals surface area contributed by atoms with Crippen LogP contribution in [0.3, 0.4) is 0 Å². The Kier molecular flexibility index (Phi) is 6.03. The number of esters is 1. The predicted octanol–water partition coefficient (Wildman–Crippen LogP) is 1.83. The molecule has 5 heteroatoms. The van der Waals surface area contributed by atoms with Crippen LogP contribution >= 0.6 is 0 Å². The monoisotopic (exact) mass is 279 g/mol. The molecule has 1 aromatic rings. The molecule has 1 amide bonds. The fourth-order valence-corrected chi connectivity index (χ4v) is 1.58. The van der Waals surface area contributed by atoms with Gasteiger partial charge >= 0.3 is 5.97 Å². The molecule has 1 N–H and O–H groups in total. The predicted molar refractivity (Wildman–Crippen MR) is 75.5 cm³/mol. The summed E-state index contributed by atoms with van der Waals surface area (Å²) < 4.78 is 10.5. The topological polar surface area (TPSA) is 64.6 Å². The molecule has 0 saturated carbocycles. The summed E-state index contributed by atoms with van der Waals surface area (Å²) in [5.74, 6) is -0.283. The second-order valence-corrected chi connectivity index (χ2v) is 4.55. The number of benzene rings is 1. The van der Waals surface area contributed by atoms with Gasteiger partial charge in [0.2, 0.25) is 0 Å². The molecule has 0 aromatic heterocycles. The number of carbonyl (C=O) groups is 2. The SMILES string of the molecule is CCNC(=O)[C@@H](C)OC(=O)[C@@H](C)Oc1cccc(C)c1. The van der Waals surface area contributed by atoms with Crippen molar-refractivity contribution in [2.24, 2.45) is 0 Å². The van der Waals surface area contributed by atoms with Gasteiger partial charge in [-0.15, -0.1) is 0 Å². The van der Waals surface area contributed by atoms with E-state index < -0.39 is 18.2 Å². The fraction of sp³-hybridized carbons (Fsp3) is 0.467.